The number of nitrogens with one attached hydrogen (secondary N) is 1. The molecule has 13 heavy (non-hydrogen) atoms. The summed E-state index contributed by atoms with van der Waals surface area (Å²) in [6.07, 6.45) is 2.65. The molecule has 4 heteroatoms. The summed E-state index contributed by atoms with van der Waals surface area (Å²) in [6, 6.07) is 4.10. The van der Waals surface area contributed by atoms with Gasteiger partial charge in [0.25, 0.3) is 0 Å². The Bertz CT molecular complexity index is 367. The molecular weight excluding hydrogens is 204 g/mol. The summed E-state index contributed by atoms with van der Waals surface area (Å²) in [6.45, 7) is 0. The highest BCUT2D eigenvalue weighted by Gasteiger charge is 2.02. The predicted octanol–water partition coefficient (Wildman–Crippen LogP) is 2.92. The van der Waals surface area contributed by atoms with E-state index in [1.54, 1.807) is 11.3 Å². The van der Waals surface area contributed by atoms with Crippen LogP contribution in [0.4, 0.5) is 0 Å². The number of aromatic nitrogens is 2. The first-order chi connectivity index (χ1) is 6.40. The number of hydrogen-bond acceptors (Lipinski definition) is 2. The van der Waals surface area contributed by atoms with Crippen molar-refractivity contribution in [2.45, 2.75) is 6.42 Å². The summed E-state index contributed by atoms with van der Waals surface area (Å²) in [4.78, 5) is 8.68. The lowest BCUT2D eigenvalue weighted by Crippen LogP contribution is -1.87. The first kappa shape index (κ1) is 8.78. The number of aromatic amines is 1. The van der Waals surface area contributed by atoms with E-state index >= 15 is 0 Å². The van der Waals surface area contributed by atoms with Crippen LogP contribution in [0.15, 0.2) is 23.7 Å². The van der Waals surface area contributed by atoms with E-state index < -0.39 is 0 Å². The third-order valence-electron chi connectivity index (χ3n) is 1.75. The zero-order valence-electron chi connectivity index (χ0n) is 6.96. The Morgan fingerprint density at radius 1 is 1.54 bits per heavy atom. The minimum Gasteiger partial charge on any atom is -0.341 e. The lowest BCUT2D eigenvalue weighted by molar-refractivity contribution is 0.997. The molecule has 0 bridgehead atoms. The number of H-pyrrole nitrogens is 1. The van der Waals surface area contributed by atoms with Crippen molar-refractivity contribution in [3.05, 3.63) is 29.5 Å². The Balaban J connectivity index is 2.23. The zero-order valence-corrected chi connectivity index (χ0v) is 8.53. The molecule has 0 saturated carbocycles. The average molecular weight is 213 g/mol. The molecular formula is C9H9ClN2S. The highest BCUT2D eigenvalue weighted by Crippen LogP contribution is 2.22. The molecule has 2 aromatic heterocycles. The number of aryl methyl sites for hydroxylation is 1. The highest BCUT2D eigenvalue weighted by atomic mass is 35.5. The van der Waals surface area contributed by atoms with Gasteiger partial charge in [0.1, 0.15) is 5.82 Å². The molecule has 0 atom stereocenters. The lowest BCUT2D eigenvalue weighted by Gasteiger charge is -1.90. The SMILES string of the molecule is ClCCc1ncc(-c2cccs2)[nH]1. The van der Waals surface area contributed by atoms with Crippen LogP contribution in [0, 0.1) is 0 Å². The number of thiophene rings is 1. The molecule has 0 amide bonds. The summed E-state index contributed by atoms with van der Waals surface area (Å²) >= 11 is 7.32. The summed E-state index contributed by atoms with van der Waals surface area (Å²) < 4.78 is 0. The van der Waals surface area contributed by atoms with Crippen molar-refractivity contribution >= 4 is 22.9 Å². The molecule has 0 aliphatic carbocycles. The van der Waals surface area contributed by atoms with Gasteiger partial charge in [-0.1, -0.05) is 6.07 Å². The van der Waals surface area contributed by atoms with Gasteiger partial charge in [-0.3, -0.25) is 0 Å². The normalized spacial score (nSPS) is 10.5. The fraction of sp³-hybridized carbons (Fsp3) is 0.222. The molecule has 2 aromatic rings. The van der Waals surface area contributed by atoms with Crippen LogP contribution in [0.1, 0.15) is 5.82 Å². The molecule has 2 rings (SSSR count). The zero-order chi connectivity index (χ0) is 9.10. The van der Waals surface area contributed by atoms with E-state index in [2.05, 4.69) is 21.4 Å². The average Bonchev–Trinajstić information content (AvgIpc) is 2.70. The molecule has 0 fully saturated rings. The van der Waals surface area contributed by atoms with Crippen LogP contribution in [0.3, 0.4) is 0 Å². The van der Waals surface area contributed by atoms with Crippen molar-refractivity contribution in [2.75, 3.05) is 5.88 Å². The number of halogens is 1. The van der Waals surface area contributed by atoms with Gasteiger partial charge in [-0.05, 0) is 11.4 Å². The summed E-state index contributed by atoms with van der Waals surface area (Å²) in [5.41, 5.74) is 1.08. The van der Waals surface area contributed by atoms with Gasteiger partial charge in [0.2, 0.25) is 0 Å². The monoisotopic (exact) mass is 212 g/mol. The van der Waals surface area contributed by atoms with Crippen LogP contribution >= 0.6 is 22.9 Å². The van der Waals surface area contributed by atoms with E-state index in [1.807, 2.05) is 12.3 Å². The topological polar surface area (TPSA) is 28.7 Å². The largest absolute Gasteiger partial charge is 0.341 e. The third kappa shape index (κ3) is 1.92. The standard InChI is InChI=1S/C9H9ClN2S/c10-4-3-9-11-6-7(12-9)8-2-1-5-13-8/h1-2,5-6H,3-4H2,(H,11,12). The maximum absolute atomic E-state index is 5.61. The second-order valence-electron chi connectivity index (χ2n) is 2.66. The van der Waals surface area contributed by atoms with Crippen LogP contribution in [0.5, 0.6) is 0 Å². The van der Waals surface area contributed by atoms with Crippen LogP contribution in [0.2, 0.25) is 0 Å². The predicted molar refractivity (Wildman–Crippen MR) is 56.3 cm³/mol. The van der Waals surface area contributed by atoms with Crippen molar-refractivity contribution in [3.8, 4) is 10.6 Å². The van der Waals surface area contributed by atoms with Gasteiger partial charge >= 0.3 is 0 Å². The van der Waals surface area contributed by atoms with Gasteiger partial charge in [-0.15, -0.1) is 22.9 Å². The number of nitrogens with zero attached hydrogens (tertiary/aromatic N) is 1. The summed E-state index contributed by atoms with van der Waals surface area (Å²) in [5, 5.41) is 2.05. The number of imidazole rings is 1. The summed E-state index contributed by atoms with van der Waals surface area (Å²) in [5.74, 6) is 1.57. The number of hydrogen-bond donors (Lipinski definition) is 1. The third-order valence-corrected chi connectivity index (χ3v) is 2.84. The molecule has 0 aliphatic heterocycles. The fourth-order valence-electron chi connectivity index (χ4n) is 1.14. The molecule has 1 N–H and O–H groups in total. The van der Waals surface area contributed by atoms with Gasteiger partial charge in [-0.2, -0.15) is 0 Å². The minimum atomic E-state index is 0.609. The van der Waals surface area contributed by atoms with Crippen molar-refractivity contribution in [1.29, 1.82) is 0 Å². The number of alkyl halides is 1. The minimum absolute atomic E-state index is 0.609. The molecule has 0 unspecified atom stereocenters. The first-order valence-corrected chi connectivity index (χ1v) is 5.45. The quantitative estimate of drug-likeness (QED) is 0.779. The van der Waals surface area contributed by atoms with Crippen LogP contribution < -0.4 is 0 Å². The van der Waals surface area contributed by atoms with Gasteiger partial charge in [0.15, 0.2) is 0 Å². The van der Waals surface area contributed by atoms with Gasteiger partial charge in [-0.25, -0.2) is 4.98 Å². The van der Waals surface area contributed by atoms with Gasteiger partial charge in [0, 0.05) is 12.3 Å². The van der Waals surface area contributed by atoms with Crippen LogP contribution in [0.25, 0.3) is 10.6 Å². The molecule has 0 aromatic carbocycles. The lowest BCUT2D eigenvalue weighted by atomic mass is 10.4. The molecule has 0 saturated heterocycles. The van der Waals surface area contributed by atoms with E-state index in [9.17, 15) is 0 Å². The van der Waals surface area contributed by atoms with E-state index in [0.29, 0.717) is 5.88 Å². The first-order valence-electron chi connectivity index (χ1n) is 4.04. The maximum atomic E-state index is 5.61. The van der Waals surface area contributed by atoms with Crippen molar-refractivity contribution in [2.24, 2.45) is 0 Å². The Kier molecular flexibility index (Phi) is 2.66. The van der Waals surface area contributed by atoms with Crippen molar-refractivity contribution in [1.82, 2.24) is 9.97 Å². The second kappa shape index (κ2) is 3.94. The van der Waals surface area contributed by atoms with E-state index in [0.717, 1.165) is 17.9 Å². The molecule has 68 valence electrons. The number of rotatable bonds is 3. The van der Waals surface area contributed by atoms with Gasteiger partial charge < -0.3 is 4.98 Å². The van der Waals surface area contributed by atoms with Crippen LogP contribution in [-0.2, 0) is 6.42 Å². The molecule has 2 heterocycles. The fourth-order valence-corrected chi connectivity index (χ4v) is 2.01. The smallest absolute Gasteiger partial charge is 0.107 e. The Hall–Kier alpha value is -0.800. The highest BCUT2D eigenvalue weighted by molar-refractivity contribution is 7.13. The maximum Gasteiger partial charge on any atom is 0.107 e. The van der Waals surface area contributed by atoms with E-state index in [4.69, 9.17) is 11.6 Å². The van der Waals surface area contributed by atoms with Crippen molar-refractivity contribution in [3.63, 3.8) is 0 Å². The van der Waals surface area contributed by atoms with E-state index in [-0.39, 0.29) is 0 Å². The Labute approximate surface area is 85.6 Å². The van der Waals surface area contributed by atoms with Gasteiger partial charge in [0.05, 0.1) is 16.8 Å². The Morgan fingerprint density at radius 3 is 3.15 bits per heavy atom. The molecule has 0 spiro atoms. The summed E-state index contributed by atoms with van der Waals surface area (Å²) in [7, 11) is 0. The molecule has 2 nitrogen and oxygen atoms in total. The van der Waals surface area contributed by atoms with Crippen LogP contribution in [-0.4, -0.2) is 15.8 Å². The molecule has 0 radical (unpaired) electrons. The second-order valence-corrected chi connectivity index (χ2v) is 3.99. The van der Waals surface area contributed by atoms with E-state index in [1.165, 1.54) is 4.88 Å². The molecule has 0 aliphatic rings. The Morgan fingerprint density at radius 2 is 2.46 bits per heavy atom. The van der Waals surface area contributed by atoms with Crippen molar-refractivity contribution < 1.29 is 0 Å².